The van der Waals surface area contributed by atoms with Crippen LogP contribution < -0.4 is 5.32 Å². The monoisotopic (exact) mass is 144 g/mol. The fraction of sp³-hybridized carbons (Fsp3) is 0.667. The fourth-order valence-electron chi connectivity index (χ4n) is 0.511. The number of rotatable bonds is 5. The van der Waals surface area contributed by atoms with E-state index in [0.717, 1.165) is 0 Å². The lowest BCUT2D eigenvalue weighted by atomic mass is 10.2. The molecule has 0 aliphatic rings. The zero-order valence-electron chi connectivity index (χ0n) is 6.01. The van der Waals surface area contributed by atoms with Gasteiger partial charge in [0.15, 0.2) is 5.78 Å². The maximum absolute atomic E-state index is 10.8. The molecule has 57 valence electrons. The zero-order valence-corrected chi connectivity index (χ0v) is 6.01. The minimum Gasteiger partial charge on any atom is -0.377 e. The summed E-state index contributed by atoms with van der Waals surface area (Å²) in [6.07, 6.45) is 1.55. The van der Waals surface area contributed by atoms with Gasteiger partial charge in [-0.2, -0.15) is 0 Å². The number of carbonyl (C=O) groups excluding carboxylic acids is 2. The van der Waals surface area contributed by atoms with Crippen LogP contribution in [0.15, 0.2) is 0 Å². The molecular formula is C6H10NO3. The summed E-state index contributed by atoms with van der Waals surface area (Å²) in [4.78, 5) is 20.7. The number of hydrogen-bond donors (Lipinski definition) is 1. The van der Waals surface area contributed by atoms with Crippen molar-refractivity contribution in [1.82, 2.24) is 5.32 Å². The molecule has 0 bridgehead atoms. The van der Waals surface area contributed by atoms with Crippen LogP contribution in [0.25, 0.3) is 0 Å². The highest BCUT2D eigenvalue weighted by molar-refractivity contribution is 5.98. The fourth-order valence-corrected chi connectivity index (χ4v) is 0.511. The third-order valence-electron chi connectivity index (χ3n) is 1.02. The van der Waals surface area contributed by atoms with E-state index >= 15 is 0 Å². The molecule has 1 radical (unpaired) electrons. The summed E-state index contributed by atoms with van der Waals surface area (Å²) in [5.74, 6) is -0.306. The van der Waals surface area contributed by atoms with Crippen molar-refractivity contribution in [2.75, 3.05) is 20.8 Å². The highest BCUT2D eigenvalue weighted by atomic mass is 16.5. The molecule has 0 saturated heterocycles. The Morgan fingerprint density at radius 1 is 1.80 bits per heavy atom. The predicted molar refractivity (Wildman–Crippen MR) is 35.4 cm³/mol. The lowest BCUT2D eigenvalue weighted by molar-refractivity contribution is -0.123. The second-order valence-electron chi connectivity index (χ2n) is 1.74. The molecule has 0 aliphatic carbocycles. The van der Waals surface area contributed by atoms with E-state index in [1.54, 1.807) is 6.29 Å². The third kappa shape index (κ3) is 2.70. The van der Waals surface area contributed by atoms with Gasteiger partial charge in [-0.05, 0) is 7.05 Å². The first-order valence-electron chi connectivity index (χ1n) is 2.82. The van der Waals surface area contributed by atoms with Crippen molar-refractivity contribution in [2.45, 2.75) is 6.04 Å². The summed E-state index contributed by atoms with van der Waals surface area (Å²) in [5, 5.41) is 2.48. The number of Topliss-reactive ketones (excluding diaryl/α,β-unsaturated/α-hetero) is 1. The normalized spacial score (nSPS) is 12.6. The van der Waals surface area contributed by atoms with Crippen LogP contribution in [0.2, 0.25) is 0 Å². The van der Waals surface area contributed by atoms with Gasteiger partial charge >= 0.3 is 0 Å². The van der Waals surface area contributed by atoms with Crippen LogP contribution in [0.5, 0.6) is 0 Å². The SMILES string of the molecule is CNC([C]=O)C(=O)COC. The molecule has 10 heavy (non-hydrogen) atoms. The van der Waals surface area contributed by atoms with E-state index < -0.39 is 6.04 Å². The van der Waals surface area contributed by atoms with Crippen LogP contribution in [0.4, 0.5) is 0 Å². The first-order valence-corrected chi connectivity index (χ1v) is 2.82. The average Bonchev–Trinajstić information content (AvgIpc) is 1.91. The van der Waals surface area contributed by atoms with Crippen LogP contribution in [-0.2, 0) is 14.3 Å². The van der Waals surface area contributed by atoms with Crippen LogP contribution in [-0.4, -0.2) is 38.9 Å². The van der Waals surface area contributed by atoms with E-state index in [1.807, 2.05) is 0 Å². The molecule has 4 heteroatoms. The Kier molecular flexibility index (Phi) is 4.70. The van der Waals surface area contributed by atoms with Crippen molar-refractivity contribution in [3.8, 4) is 0 Å². The number of nitrogens with one attached hydrogen (secondary N) is 1. The minimum atomic E-state index is -0.847. The zero-order chi connectivity index (χ0) is 7.98. The van der Waals surface area contributed by atoms with Gasteiger partial charge in [-0.25, -0.2) is 0 Å². The number of hydrogen-bond acceptors (Lipinski definition) is 4. The van der Waals surface area contributed by atoms with E-state index in [2.05, 4.69) is 10.1 Å². The molecule has 0 aliphatic heterocycles. The first-order chi connectivity index (χ1) is 4.76. The Morgan fingerprint density at radius 2 is 2.40 bits per heavy atom. The quantitative estimate of drug-likeness (QED) is 0.497. The molecule has 0 rings (SSSR count). The molecule has 0 saturated carbocycles. The van der Waals surface area contributed by atoms with Crippen molar-refractivity contribution in [3.05, 3.63) is 0 Å². The van der Waals surface area contributed by atoms with Crippen molar-refractivity contribution >= 4 is 12.1 Å². The summed E-state index contributed by atoms with van der Waals surface area (Å²) >= 11 is 0. The number of carbonyl (C=O) groups is 1. The van der Waals surface area contributed by atoms with Gasteiger partial charge in [0, 0.05) is 7.11 Å². The summed E-state index contributed by atoms with van der Waals surface area (Å²) in [6.45, 7) is -0.0548. The van der Waals surface area contributed by atoms with Crippen molar-refractivity contribution < 1.29 is 14.3 Å². The van der Waals surface area contributed by atoms with E-state index in [-0.39, 0.29) is 12.4 Å². The number of ether oxygens (including phenoxy) is 1. The van der Waals surface area contributed by atoms with E-state index in [4.69, 9.17) is 0 Å². The highest BCUT2D eigenvalue weighted by Crippen LogP contribution is 1.81. The molecule has 4 nitrogen and oxygen atoms in total. The number of methoxy groups -OCH3 is 1. The van der Waals surface area contributed by atoms with Gasteiger partial charge in [0.05, 0.1) is 0 Å². The topological polar surface area (TPSA) is 55.4 Å². The van der Waals surface area contributed by atoms with Gasteiger partial charge in [-0.15, -0.1) is 0 Å². The Balaban J connectivity index is 3.76. The van der Waals surface area contributed by atoms with Gasteiger partial charge in [0.2, 0.25) is 6.29 Å². The van der Waals surface area contributed by atoms with Gasteiger partial charge in [-0.1, -0.05) is 0 Å². The maximum Gasteiger partial charge on any atom is 0.225 e. The van der Waals surface area contributed by atoms with E-state index in [9.17, 15) is 9.59 Å². The van der Waals surface area contributed by atoms with Gasteiger partial charge in [0.1, 0.15) is 12.6 Å². The smallest absolute Gasteiger partial charge is 0.225 e. The molecule has 0 aromatic rings. The summed E-state index contributed by atoms with van der Waals surface area (Å²) in [7, 11) is 2.92. The third-order valence-corrected chi connectivity index (χ3v) is 1.02. The molecule has 1 N–H and O–H groups in total. The Hall–Kier alpha value is -0.740. The predicted octanol–water partition coefficient (Wildman–Crippen LogP) is -1.10. The van der Waals surface area contributed by atoms with Gasteiger partial charge < -0.3 is 10.1 Å². The Labute approximate surface area is 59.6 Å². The van der Waals surface area contributed by atoms with Crippen LogP contribution in [0.1, 0.15) is 0 Å². The first kappa shape index (κ1) is 9.26. The maximum atomic E-state index is 10.8. The molecule has 0 spiro atoms. The Bertz CT molecular complexity index is 124. The molecule has 0 aromatic carbocycles. The van der Waals surface area contributed by atoms with Crippen LogP contribution in [0.3, 0.4) is 0 Å². The van der Waals surface area contributed by atoms with Crippen molar-refractivity contribution in [1.29, 1.82) is 0 Å². The van der Waals surface area contributed by atoms with E-state index in [0.29, 0.717) is 0 Å². The largest absolute Gasteiger partial charge is 0.377 e. The minimum absolute atomic E-state index is 0.0548. The number of ketones is 1. The second-order valence-corrected chi connectivity index (χ2v) is 1.74. The average molecular weight is 144 g/mol. The van der Waals surface area contributed by atoms with Gasteiger partial charge in [0.25, 0.3) is 0 Å². The molecule has 0 fully saturated rings. The van der Waals surface area contributed by atoms with Crippen molar-refractivity contribution in [3.63, 3.8) is 0 Å². The molecule has 0 aromatic heterocycles. The summed E-state index contributed by atoms with van der Waals surface area (Å²) in [5.41, 5.74) is 0. The standard InChI is InChI=1S/C6H10NO3/c1-7-5(3-8)6(9)4-10-2/h5,7H,4H2,1-2H3. The van der Waals surface area contributed by atoms with Crippen molar-refractivity contribution in [2.24, 2.45) is 0 Å². The molecule has 1 unspecified atom stereocenters. The summed E-state index contributed by atoms with van der Waals surface area (Å²) in [6, 6.07) is -0.847. The molecule has 0 heterocycles. The van der Waals surface area contributed by atoms with Gasteiger partial charge in [-0.3, -0.25) is 9.59 Å². The van der Waals surface area contributed by atoms with Crippen LogP contribution >= 0.6 is 0 Å². The van der Waals surface area contributed by atoms with E-state index in [1.165, 1.54) is 14.2 Å². The summed E-state index contributed by atoms with van der Waals surface area (Å²) < 4.78 is 4.52. The molecule has 0 amide bonds. The highest BCUT2D eigenvalue weighted by Gasteiger charge is 2.14. The Morgan fingerprint density at radius 3 is 2.70 bits per heavy atom. The lowest BCUT2D eigenvalue weighted by Crippen LogP contribution is -2.37. The second kappa shape index (κ2) is 5.08. The number of likely N-dealkylation sites (N-methyl/N-ethyl adjacent to an activating group) is 1. The molecule has 1 atom stereocenters. The lowest BCUT2D eigenvalue weighted by Gasteiger charge is -2.04. The van der Waals surface area contributed by atoms with Crippen LogP contribution in [0, 0.1) is 0 Å². The molecular weight excluding hydrogens is 134 g/mol.